The van der Waals surface area contributed by atoms with E-state index in [2.05, 4.69) is 5.32 Å². The molecule has 0 radical (unpaired) electrons. The third-order valence-corrected chi connectivity index (χ3v) is 5.75. The normalized spacial score (nSPS) is 11.2. The van der Waals surface area contributed by atoms with Crippen molar-refractivity contribution in [3.05, 3.63) is 77.0 Å². The Kier molecular flexibility index (Phi) is 5.36. The molecule has 0 aliphatic rings. The quantitative estimate of drug-likeness (QED) is 0.679. The van der Waals surface area contributed by atoms with Crippen molar-refractivity contribution in [3.63, 3.8) is 0 Å². The molecule has 146 valence electrons. The average Bonchev–Trinajstić information content (AvgIpc) is 3.04. The Morgan fingerprint density at radius 1 is 1.04 bits per heavy atom. The lowest BCUT2D eigenvalue weighted by Crippen LogP contribution is -2.32. The minimum Gasteiger partial charge on any atom is -0.497 e. The summed E-state index contributed by atoms with van der Waals surface area (Å²) in [7, 11) is -2.61. The maximum absolute atomic E-state index is 12.7. The van der Waals surface area contributed by atoms with Gasteiger partial charge in [0.2, 0.25) is 5.91 Å². The molecule has 0 aliphatic heterocycles. The summed E-state index contributed by atoms with van der Waals surface area (Å²) in [6.07, 6.45) is 2.39. The van der Waals surface area contributed by atoms with Crippen molar-refractivity contribution in [1.82, 2.24) is 8.54 Å². The number of carbonyl (C=O) groups excluding carboxylic acids is 1. The molecule has 8 nitrogen and oxygen atoms in total. The van der Waals surface area contributed by atoms with E-state index in [4.69, 9.17) is 4.74 Å². The van der Waals surface area contributed by atoms with Crippen LogP contribution in [-0.4, -0.2) is 30.0 Å². The number of hydrogen-bond donors (Lipinski definition) is 1. The van der Waals surface area contributed by atoms with Gasteiger partial charge in [0.05, 0.1) is 12.0 Å². The summed E-state index contributed by atoms with van der Waals surface area (Å²) >= 11 is 0. The maximum atomic E-state index is 12.7. The number of aryl methyl sites for hydroxylation is 1. The molecule has 0 saturated heterocycles. The first-order valence-electron chi connectivity index (χ1n) is 8.35. The summed E-state index contributed by atoms with van der Waals surface area (Å²) in [5, 5.41) is 2.67. The van der Waals surface area contributed by atoms with Gasteiger partial charge in [-0.05, 0) is 43.3 Å². The predicted molar refractivity (Wildman–Crippen MR) is 104 cm³/mol. The van der Waals surface area contributed by atoms with Gasteiger partial charge in [0, 0.05) is 18.1 Å². The van der Waals surface area contributed by atoms with Crippen molar-refractivity contribution in [3.8, 4) is 5.75 Å². The van der Waals surface area contributed by atoms with Crippen LogP contribution in [0.4, 0.5) is 5.69 Å². The molecule has 0 saturated carbocycles. The zero-order valence-corrected chi connectivity index (χ0v) is 16.1. The first-order valence-corrected chi connectivity index (χ1v) is 9.79. The molecule has 0 aliphatic carbocycles. The first-order chi connectivity index (χ1) is 13.3. The number of nitrogens with zero attached hydrogens (tertiary/aromatic N) is 2. The number of hydrogen-bond acceptors (Lipinski definition) is 5. The zero-order chi connectivity index (χ0) is 20.3. The Bertz CT molecular complexity index is 1140. The summed E-state index contributed by atoms with van der Waals surface area (Å²) in [5.74, 6) is 0.0576. The minimum absolute atomic E-state index is 0.0581. The highest BCUT2D eigenvalue weighted by Gasteiger charge is 2.21. The van der Waals surface area contributed by atoms with Crippen molar-refractivity contribution >= 4 is 21.6 Å². The van der Waals surface area contributed by atoms with Crippen LogP contribution >= 0.6 is 0 Å². The number of carbonyl (C=O) groups is 1. The summed E-state index contributed by atoms with van der Waals surface area (Å²) in [5.41, 5.74) is 0.818. The van der Waals surface area contributed by atoms with Crippen LogP contribution in [0.25, 0.3) is 0 Å². The Morgan fingerprint density at radius 3 is 2.29 bits per heavy atom. The highest BCUT2D eigenvalue weighted by atomic mass is 32.2. The summed E-state index contributed by atoms with van der Waals surface area (Å²) < 4.78 is 32.0. The topological polar surface area (TPSA) is 99.4 Å². The fraction of sp³-hybridized carbons (Fsp3) is 0.158. The van der Waals surface area contributed by atoms with Crippen molar-refractivity contribution in [2.45, 2.75) is 18.4 Å². The summed E-state index contributed by atoms with van der Waals surface area (Å²) in [6.45, 7) is 1.62. The van der Waals surface area contributed by atoms with Crippen LogP contribution in [0.3, 0.4) is 0 Å². The summed E-state index contributed by atoms with van der Waals surface area (Å²) in [6, 6.07) is 12.9. The lowest BCUT2D eigenvalue weighted by Gasteiger charge is -2.07. The van der Waals surface area contributed by atoms with Crippen molar-refractivity contribution < 1.29 is 17.9 Å². The molecule has 0 atom stereocenters. The monoisotopic (exact) mass is 401 g/mol. The van der Waals surface area contributed by atoms with Gasteiger partial charge in [-0.2, -0.15) is 3.97 Å². The molecule has 2 aromatic carbocycles. The van der Waals surface area contributed by atoms with Crippen LogP contribution in [0.2, 0.25) is 0 Å². The van der Waals surface area contributed by atoms with Gasteiger partial charge in [-0.1, -0.05) is 17.7 Å². The fourth-order valence-electron chi connectivity index (χ4n) is 2.55. The van der Waals surface area contributed by atoms with Crippen LogP contribution < -0.4 is 15.7 Å². The molecule has 0 unspecified atom stereocenters. The summed E-state index contributed by atoms with van der Waals surface area (Å²) in [4.78, 5) is 24.6. The van der Waals surface area contributed by atoms with Gasteiger partial charge in [0.15, 0.2) is 0 Å². The Balaban J connectivity index is 1.80. The highest BCUT2D eigenvalue weighted by molar-refractivity contribution is 7.90. The number of benzene rings is 2. The van der Waals surface area contributed by atoms with Gasteiger partial charge in [-0.15, -0.1) is 0 Å². The van der Waals surface area contributed by atoms with Crippen molar-refractivity contribution in [2.75, 3.05) is 12.4 Å². The number of amides is 1. The molecule has 0 fully saturated rings. The Morgan fingerprint density at radius 2 is 1.68 bits per heavy atom. The first kappa shape index (κ1) is 19.4. The largest absolute Gasteiger partial charge is 0.497 e. The van der Waals surface area contributed by atoms with Gasteiger partial charge < -0.3 is 10.1 Å². The lowest BCUT2D eigenvalue weighted by molar-refractivity contribution is -0.116. The van der Waals surface area contributed by atoms with Gasteiger partial charge in [0.1, 0.15) is 12.3 Å². The van der Waals surface area contributed by atoms with Crippen LogP contribution in [0, 0.1) is 6.92 Å². The van der Waals surface area contributed by atoms with E-state index in [9.17, 15) is 18.0 Å². The SMILES string of the molecule is COc1ccc(S(=O)(=O)n2ccn(CC(=O)Nc3ccc(C)cc3)c2=O)cc1. The molecule has 1 amide bonds. The molecule has 3 aromatic rings. The Labute approximate surface area is 162 Å². The molecule has 0 spiro atoms. The molecular formula is C19H19N3O5S. The van der Waals surface area contributed by atoms with Crippen LogP contribution in [0.1, 0.15) is 5.56 Å². The molecule has 0 bridgehead atoms. The fourth-order valence-corrected chi connectivity index (χ4v) is 3.78. The average molecular weight is 401 g/mol. The molecule has 28 heavy (non-hydrogen) atoms. The van der Waals surface area contributed by atoms with Gasteiger partial charge in [-0.25, -0.2) is 13.2 Å². The number of ether oxygens (including phenoxy) is 1. The number of aromatic nitrogens is 2. The molecule has 3 rings (SSSR count). The smallest absolute Gasteiger partial charge is 0.342 e. The molecule has 1 N–H and O–H groups in total. The van der Waals surface area contributed by atoms with E-state index in [1.54, 1.807) is 12.1 Å². The number of nitrogens with one attached hydrogen (secondary N) is 1. The van der Waals surface area contributed by atoms with E-state index in [1.807, 2.05) is 19.1 Å². The van der Waals surface area contributed by atoms with Gasteiger partial charge >= 0.3 is 5.69 Å². The molecular weight excluding hydrogens is 382 g/mol. The molecule has 1 aromatic heterocycles. The maximum Gasteiger partial charge on any atom is 0.342 e. The minimum atomic E-state index is -4.08. The molecule has 9 heteroatoms. The van der Waals surface area contributed by atoms with Crippen LogP contribution in [0.5, 0.6) is 5.75 Å². The standard InChI is InChI=1S/C19H19N3O5S/c1-14-3-5-15(6-4-14)20-18(23)13-21-11-12-22(19(21)24)28(25,26)17-9-7-16(27-2)8-10-17/h3-12H,13H2,1-2H3,(H,20,23). The number of anilines is 1. The molecule has 1 heterocycles. The number of methoxy groups -OCH3 is 1. The highest BCUT2D eigenvalue weighted by Crippen LogP contribution is 2.17. The van der Waals surface area contributed by atoms with E-state index < -0.39 is 21.6 Å². The lowest BCUT2D eigenvalue weighted by atomic mass is 10.2. The van der Waals surface area contributed by atoms with Crippen molar-refractivity contribution in [2.24, 2.45) is 0 Å². The third kappa shape index (κ3) is 3.99. The van der Waals surface area contributed by atoms with E-state index in [0.717, 1.165) is 16.3 Å². The second-order valence-corrected chi connectivity index (χ2v) is 7.91. The zero-order valence-electron chi connectivity index (χ0n) is 15.3. The van der Waals surface area contributed by atoms with Gasteiger partial charge in [0.25, 0.3) is 10.0 Å². The third-order valence-electron chi connectivity index (χ3n) is 4.08. The second-order valence-electron chi connectivity index (χ2n) is 6.10. The second kappa shape index (κ2) is 7.73. The number of imidazole rings is 1. The van der Waals surface area contributed by atoms with Crippen molar-refractivity contribution in [1.29, 1.82) is 0 Å². The van der Waals surface area contributed by atoms with Crippen LogP contribution in [-0.2, 0) is 21.4 Å². The van der Waals surface area contributed by atoms with E-state index in [1.165, 1.54) is 37.6 Å². The number of rotatable bonds is 6. The Hall–Kier alpha value is -3.33. The van der Waals surface area contributed by atoms with Crippen LogP contribution in [0.15, 0.2) is 70.6 Å². The predicted octanol–water partition coefficient (Wildman–Crippen LogP) is 1.84. The van der Waals surface area contributed by atoms with Gasteiger partial charge in [-0.3, -0.25) is 9.36 Å². The van der Waals surface area contributed by atoms with E-state index in [-0.39, 0.29) is 11.4 Å². The van der Waals surface area contributed by atoms with E-state index in [0.29, 0.717) is 15.4 Å². The van der Waals surface area contributed by atoms with E-state index >= 15 is 0 Å².